The third-order valence-corrected chi connectivity index (χ3v) is 5.57. The van der Waals surface area contributed by atoms with E-state index in [1.54, 1.807) is 0 Å². The van der Waals surface area contributed by atoms with Gasteiger partial charge in [-0.15, -0.1) is 0 Å². The molecule has 0 amide bonds. The first-order valence-corrected chi connectivity index (χ1v) is 9.85. The Morgan fingerprint density at radius 1 is 1.09 bits per heavy atom. The molecule has 4 rings (SSSR count). The summed E-state index contributed by atoms with van der Waals surface area (Å²) < 4.78 is 32.3. The number of benzene rings is 2. The van der Waals surface area contributed by atoms with Gasteiger partial charge in [-0.3, -0.25) is 0 Å². The third-order valence-electron chi connectivity index (χ3n) is 4.89. The van der Waals surface area contributed by atoms with E-state index in [0.29, 0.717) is 0 Å². The lowest BCUT2D eigenvalue weighted by Gasteiger charge is -2.33. The Balaban J connectivity index is 1.87. The van der Waals surface area contributed by atoms with Gasteiger partial charge < -0.3 is 9.64 Å². The standard InChI is InChI=1S/C17H20N2O3S/c1-23(20,21)18-16-13-6-2-4-12-5-3-7-14(15(12)13)17(16)19-8-10-22-11-9-19/h2-7,16-18H,8-11H2,1H3/p+1/t16-,17+/m0/s1. The zero-order chi connectivity index (χ0) is 16.0. The molecule has 2 aromatic carbocycles. The highest BCUT2D eigenvalue weighted by Crippen LogP contribution is 2.42. The van der Waals surface area contributed by atoms with Crippen LogP contribution in [0.25, 0.3) is 10.8 Å². The Morgan fingerprint density at radius 2 is 1.74 bits per heavy atom. The van der Waals surface area contributed by atoms with Gasteiger partial charge in [-0.05, 0) is 16.3 Å². The van der Waals surface area contributed by atoms with Crippen LogP contribution in [0.15, 0.2) is 36.4 Å². The Bertz CT molecular complexity index is 839. The summed E-state index contributed by atoms with van der Waals surface area (Å²) in [7, 11) is -3.29. The molecular weight excluding hydrogens is 312 g/mol. The van der Waals surface area contributed by atoms with Gasteiger partial charge in [-0.2, -0.15) is 0 Å². The van der Waals surface area contributed by atoms with Crippen molar-refractivity contribution in [2.45, 2.75) is 12.1 Å². The molecule has 0 bridgehead atoms. The van der Waals surface area contributed by atoms with E-state index >= 15 is 0 Å². The van der Waals surface area contributed by atoms with Crippen LogP contribution in [-0.4, -0.2) is 41.0 Å². The van der Waals surface area contributed by atoms with Crippen molar-refractivity contribution in [2.24, 2.45) is 0 Å². The lowest BCUT2D eigenvalue weighted by atomic mass is 10.0. The van der Waals surface area contributed by atoms with Crippen molar-refractivity contribution in [3.63, 3.8) is 0 Å². The van der Waals surface area contributed by atoms with E-state index in [4.69, 9.17) is 4.74 Å². The van der Waals surface area contributed by atoms with Gasteiger partial charge in [0.15, 0.2) is 0 Å². The number of rotatable bonds is 3. The van der Waals surface area contributed by atoms with E-state index in [-0.39, 0.29) is 12.1 Å². The molecule has 2 atom stereocenters. The van der Waals surface area contributed by atoms with Crippen LogP contribution in [0.2, 0.25) is 0 Å². The van der Waals surface area contributed by atoms with E-state index in [1.807, 2.05) is 6.07 Å². The molecule has 122 valence electrons. The minimum absolute atomic E-state index is 0.106. The second-order valence-corrected chi connectivity index (χ2v) is 8.19. The SMILES string of the molecule is CS(=O)(=O)N[C@H]1c2cccc3cccc(c23)[C@H]1[NH+]1CCOCC1. The monoisotopic (exact) mass is 333 g/mol. The van der Waals surface area contributed by atoms with Crippen molar-refractivity contribution in [1.29, 1.82) is 0 Å². The summed E-state index contributed by atoms with van der Waals surface area (Å²) in [5.41, 5.74) is 2.34. The Morgan fingerprint density at radius 3 is 2.39 bits per heavy atom. The first-order chi connectivity index (χ1) is 11.0. The van der Waals surface area contributed by atoms with Crippen molar-refractivity contribution in [2.75, 3.05) is 32.6 Å². The Labute approximate surface area is 136 Å². The van der Waals surface area contributed by atoms with Gasteiger partial charge in [0.1, 0.15) is 25.2 Å². The second kappa shape index (κ2) is 5.56. The van der Waals surface area contributed by atoms with Crippen LogP contribution in [0.1, 0.15) is 23.2 Å². The van der Waals surface area contributed by atoms with Crippen LogP contribution >= 0.6 is 0 Å². The molecule has 2 aliphatic rings. The van der Waals surface area contributed by atoms with Crippen molar-refractivity contribution >= 4 is 20.8 Å². The zero-order valence-electron chi connectivity index (χ0n) is 13.1. The van der Waals surface area contributed by atoms with Crippen LogP contribution in [0.3, 0.4) is 0 Å². The molecule has 1 aliphatic heterocycles. The van der Waals surface area contributed by atoms with Crippen LogP contribution < -0.4 is 9.62 Å². The first-order valence-electron chi connectivity index (χ1n) is 7.96. The molecule has 1 aliphatic carbocycles. The van der Waals surface area contributed by atoms with E-state index in [0.717, 1.165) is 31.9 Å². The van der Waals surface area contributed by atoms with Crippen molar-refractivity contribution in [3.8, 4) is 0 Å². The van der Waals surface area contributed by atoms with E-state index < -0.39 is 10.0 Å². The van der Waals surface area contributed by atoms with E-state index in [1.165, 1.54) is 27.5 Å². The topological polar surface area (TPSA) is 59.8 Å². The van der Waals surface area contributed by atoms with Crippen LogP contribution in [0.4, 0.5) is 0 Å². The van der Waals surface area contributed by atoms with Gasteiger partial charge >= 0.3 is 0 Å². The molecule has 23 heavy (non-hydrogen) atoms. The van der Waals surface area contributed by atoms with E-state index in [2.05, 4.69) is 35.1 Å². The molecule has 2 aromatic rings. The normalized spacial score (nSPS) is 25.1. The molecule has 0 saturated carbocycles. The largest absolute Gasteiger partial charge is 0.370 e. The highest BCUT2D eigenvalue weighted by atomic mass is 32.2. The molecule has 0 unspecified atom stereocenters. The lowest BCUT2D eigenvalue weighted by molar-refractivity contribution is -0.940. The van der Waals surface area contributed by atoms with E-state index in [9.17, 15) is 8.42 Å². The fraction of sp³-hybridized carbons (Fsp3) is 0.412. The predicted octanol–water partition coefficient (Wildman–Crippen LogP) is 0.400. The van der Waals surface area contributed by atoms with Gasteiger partial charge in [0.05, 0.1) is 19.5 Å². The summed E-state index contributed by atoms with van der Waals surface area (Å²) in [6.45, 7) is 3.25. The second-order valence-electron chi connectivity index (χ2n) is 6.41. The Hall–Kier alpha value is -1.47. The molecule has 6 heteroatoms. The molecule has 2 N–H and O–H groups in total. The number of morpholine rings is 1. The summed E-state index contributed by atoms with van der Waals surface area (Å²) in [5, 5.41) is 2.38. The Kier molecular flexibility index (Phi) is 3.65. The smallest absolute Gasteiger partial charge is 0.209 e. The number of ether oxygens (including phenoxy) is 1. The molecule has 1 fully saturated rings. The molecule has 0 spiro atoms. The minimum atomic E-state index is -3.29. The van der Waals surface area contributed by atoms with Crippen molar-refractivity contribution in [3.05, 3.63) is 47.5 Å². The van der Waals surface area contributed by atoms with Gasteiger partial charge in [-0.25, -0.2) is 13.1 Å². The van der Waals surface area contributed by atoms with Crippen LogP contribution in [0.5, 0.6) is 0 Å². The maximum atomic E-state index is 11.9. The lowest BCUT2D eigenvalue weighted by Crippen LogP contribution is -3.14. The summed E-state index contributed by atoms with van der Waals surface area (Å²) in [6.07, 6.45) is 1.24. The maximum Gasteiger partial charge on any atom is 0.209 e. The predicted molar refractivity (Wildman–Crippen MR) is 88.9 cm³/mol. The van der Waals surface area contributed by atoms with Gasteiger partial charge in [0.2, 0.25) is 10.0 Å². The summed E-state index contributed by atoms with van der Waals surface area (Å²) in [4.78, 5) is 1.39. The number of quaternary nitrogens is 1. The summed E-state index contributed by atoms with van der Waals surface area (Å²) in [5.74, 6) is 0. The fourth-order valence-corrected chi connectivity index (χ4v) is 4.76. The number of hydrogen-bond donors (Lipinski definition) is 2. The molecule has 1 heterocycles. The van der Waals surface area contributed by atoms with Crippen molar-refractivity contribution < 1.29 is 18.1 Å². The quantitative estimate of drug-likeness (QED) is 0.855. The first kappa shape index (κ1) is 15.1. The molecular formula is C17H21N2O3S+. The summed E-state index contributed by atoms with van der Waals surface area (Å²) in [6, 6.07) is 12.4. The number of nitrogens with one attached hydrogen (secondary N) is 2. The fourth-order valence-electron chi connectivity index (χ4n) is 4.04. The zero-order valence-corrected chi connectivity index (χ0v) is 13.9. The van der Waals surface area contributed by atoms with Gasteiger partial charge in [-0.1, -0.05) is 36.4 Å². The maximum absolute atomic E-state index is 11.9. The highest BCUT2D eigenvalue weighted by molar-refractivity contribution is 7.88. The molecule has 0 aromatic heterocycles. The summed E-state index contributed by atoms with van der Waals surface area (Å²) >= 11 is 0. The number of sulfonamides is 1. The third kappa shape index (κ3) is 2.65. The average Bonchev–Trinajstić information content (AvgIpc) is 2.83. The average molecular weight is 333 g/mol. The molecule has 5 nitrogen and oxygen atoms in total. The van der Waals surface area contributed by atoms with Crippen LogP contribution in [-0.2, 0) is 14.8 Å². The minimum Gasteiger partial charge on any atom is -0.370 e. The van der Waals surface area contributed by atoms with Crippen molar-refractivity contribution in [1.82, 2.24) is 4.72 Å². The van der Waals surface area contributed by atoms with Crippen LogP contribution in [0, 0.1) is 0 Å². The number of hydrogen-bond acceptors (Lipinski definition) is 3. The molecule has 1 saturated heterocycles. The molecule has 0 radical (unpaired) electrons. The van der Waals surface area contributed by atoms with Gasteiger partial charge in [0.25, 0.3) is 0 Å². The van der Waals surface area contributed by atoms with Gasteiger partial charge in [0, 0.05) is 5.56 Å². The highest BCUT2D eigenvalue weighted by Gasteiger charge is 2.42.